The second-order valence-corrected chi connectivity index (χ2v) is 2.95. The van der Waals surface area contributed by atoms with Crippen LogP contribution in [0, 0.1) is 0 Å². The summed E-state index contributed by atoms with van der Waals surface area (Å²) in [4.78, 5) is 13.2. The van der Waals surface area contributed by atoms with E-state index < -0.39 is 0 Å². The SMILES string of the molecule is CCC(N)C(=O)N1CCOCC1.Cl. The molecule has 1 aliphatic heterocycles. The van der Waals surface area contributed by atoms with Gasteiger partial charge in [-0.25, -0.2) is 0 Å². The fraction of sp³-hybridized carbons (Fsp3) is 0.875. The van der Waals surface area contributed by atoms with Crippen LogP contribution >= 0.6 is 12.4 Å². The highest BCUT2D eigenvalue weighted by Crippen LogP contribution is 2.00. The fourth-order valence-corrected chi connectivity index (χ4v) is 1.19. The van der Waals surface area contributed by atoms with Gasteiger partial charge in [0.15, 0.2) is 0 Å². The van der Waals surface area contributed by atoms with E-state index in [9.17, 15) is 4.79 Å². The molecule has 1 atom stereocenters. The highest BCUT2D eigenvalue weighted by atomic mass is 35.5. The van der Waals surface area contributed by atoms with Crippen molar-refractivity contribution in [3.05, 3.63) is 0 Å². The number of hydrogen-bond donors (Lipinski definition) is 1. The number of carbonyl (C=O) groups is 1. The third-order valence-electron chi connectivity index (χ3n) is 2.08. The number of nitrogens with two attached hydrogens (primary N) is 1. The van der Waals surface area contributed by atoms with E-state index in [4.69, 9.17) is 10.5 Å². The molecule has 2 N–H and O–H groups in total. The molecule has 1 unspecified atom stereocenters. The van der Waals surface area contributed by atoms with Crippen molar-refractivity contribution < 1.29 is 9.53 Å². The van der Waals surface area contributed by atoms with E-state index in [1.165, 1.54) is 0 Å². The lowest BCUT2D eigenvalue weighted by Gasteiger charge is -2.28. The molecule has 0 bridgehead atoms. The maximum absolute atomic E-state index is 11.5. The van der Waals surface area contributed by atoms with Gasteiger partial charge in [-0.1, -0.05) is 6.92 Å². The molecular weight excluding hydrogens is 192 g/mol. The van der Waals surface area contributed by atoms with Crippen molar-refractivity contribution in [1.82, 2.24) is 4.90 Å². The molecule has 5 heteroatoms. The minimum absolute atomic E-state index is 0. The minimum atomic E-state index is -0.330. The Morgan fingerprint density at radius 1 is 1.54 bits per heavy atom. The van der Waals surface area contributed by atoms with Crippen LogP contribution in [0.5, 0.6) is 0 Å². The van der Waals surface area contributed by atoms with Crippen LogP contribution in [0.2, 0.25) is 0 Å². The molecule has 13 heavy (non-hydrogen) atoms. The predicted octanol–water partition coefficient (Wildman–Crippen LogP) is 0.00430. The molecule has 1 saturated heterocycles. The Labute approximate surface area is 84.8 Å². The summed E-state index contributed by atoms with van der Waals surface area (Å²) in [5.74, 6) is 0.0563. The van der Waals surface area contributed by atoms with Crippen LogP contribution in [0.3, 0.4) is 0 Å². The Balaban J connectivity index is 0.00000144. The predicted molar refractivity (Wildman–Crippen MR) is 52.9 cm³/mol. The van der Waals surface area contributed by atoms with Crippen LogP contribution in [-0.2, 0) is 9.53 Å². The lowest BCUT2D eigenvalue weighted by atomic mass is 10.2. The van der Waals surface area contributed by atoms with Gasteiger partial charge in [-0.2, -0.15) is 0 Å². The summed E-state index contributed by atoms with van der Waals surface area (Å²) < 4.78 is 5.13. The van der Waals surface area contributed by atoms with Crippen LogP contribution < -0.4 is 5.73 Å². The summed E-state index contributed by atoms with van der Waals surface area (Å²) in [6, 6.07) is -0.330. The molecule has 0 aromatic carbocycles. The molecule has 0 radical (unpaired) electrons. The fourth-order valence-electron chi connectivity index (χ4n) is 1.19. The van der Waals surface area contributed by atoms with Crippen molar-refractivity contribution in [2.75, 3.05) is 26.3 Å². The van der Waals surface area contributed by atoms with E-state index in [0.717, 1.165) is 0 Å². The van der Waals surface area contributed by atoms with E-state index in [0.29, 0.717) is 32.7 Å². The molecule has 0 aromatic heterocycles. The number of rotatable bonds is 2. The number of hydrogen-bond acceptors (Lipinski definition) is 3. The summed E-state index contributed by atoms with van der Waals surface area (Å²) in [5.41, 5.74) is 5.62. The van der Waals surface area contributed by atoms with Crippen molar-refractivity contribution in [1.29, 1.82) is 0 Å². The molecule has 0 saturated carbocycles. The molecular formula is C8H17ClN2O2. The summed E-state index contributed by atoms with van der Waals surface area (Å²) >= 11 is 0. The van der Waals surface area contributed by atoms with Crippen LogP contribution in [0.25, 0.3) is 0 Å². The molecule has 0 spiro atoms. The third-order valence-corrected chi connectivity index (χ3v) is 2.08. The van der Waals surface area contributed by atoms with Crippen molar-refractivity contribution in [2.45, 2.75) is 19.4 Å². The van der Waals surface area contributed by atoms with Gasteiger partial charge in [0.2, 0.25) is 5.91 Å². The first-order chi connectivity index (χ1) is 5.75. The Kier molecular flexibility index (Phi) is 6.03. The van der Waals surface area contributed by atoms with Crippen molar-refractivity contribution in [2.24, 2.45) is 5.73 Å². The average molecular weight is 209 g/mol. The first-order valence-corrected chi connectivity index (χ1v) is 4.37. The van der Waals surface area contributed by atoms with Gasteiger partial charge < -0.3 is 15.4 Å². The molecule has 1 fully saturated rings. The van der Waals surface area contributed by atoms with Gasteiger partial charge in [-0.05, 0) is 6.42 Å². The maximum Gasteiger partial charge on any atom is 0.239 e. The second kappa shape index (κ2) is 6.18. The molecule has 0 aliphatic carbocycles. The number of carbonyl (C=O) groups excluding carboxylic acids is 1. The molecule has 4 nitrogen and oxygen atoms in total. The third kappa shape index (κ3) is 3.50. The number of amides is 1. The molecule has 78 valence electrons. The number of morpholine rings is 1. The molecule has 1 heterocycles. The highest BCUT2D eigenvalue weighted by molar-refractivity contribution is 5.85. The monoisotopic (exact) mass is 208 g/mol. The van der Waals surface area contributed by atoms with E-state index >= 15 is 0 Å². The molecule has 1 rings (SSSR count). The van der Waals surface area contributed by atoms with Gasteiger partial charge in [0.1, 0.15) is 0 Å². The zero-order valence-corrected chi connectivity index (χ0v) is 8.68. The Morgan fingerprint density at radius 2 is 2.08 bits per heavy atom. The normalized spacial score (nSPS) is 19.1. The summed E-state index contributed by atoms with van der Waals surface area (Å²) in [6.45, 7) is 4.58. The second-order valence-electron chi connectivity index (χ2n) is 2.95. The van der Waals surface area contributed by atoms with Gasteiger partial charge in [-0.15, -0.1) is 12.4 Å². The topological polar surface area (TPSA) is 55.6 Å². The van der Waals surface area contributed by atoms with Crippen LogP contribution in [0.1, 0.15) is 13.3 Å². The van der Waals surface area contributed by atoms with Crippen LogP contribution in [0.15, 0.2) is 0 Å². The summed E-state index contributed by atoms with van der Waals surface area (Å²) in [7, 11) is 0. The van der Waals surface area contributed by atoms with Gasteiger partial charge in [0.25, 0.3) is 0 Å². The largest absolute Gasteiger partial charge is 0.378 e. The van der Waals surface area contributed by atoms with Crippen LogP contribution in [-0.4, -0.2) is 43.2 Å². The van der Waals surface area contributed by atoms with Crippen molar-refractivity contribution in [3.63, 3.8) is 0 Å². The lowest BCUT2D eigenvalue weighted by Crippen LogP contribution is -2.48. The van der Waals surface area contributed by atoms with Crippen molar-refractivity contribution in [3.8, 4) is 0 Å². The quantitative estimate of drug-likeness (QED) is 0.696. The summed E-state index contributed by atoms with van der Waals surface area (Å²) in [5, 5.41) is 0. The smallest absolute Gasteiger partial charge is 0.239 e. The molecule has 0 aromatic rings. The molecule has 1 amide bonds. The van der Waals surface area contributed by atoms with Gasteiger partial charge in [0.05, 0.1) is 19.3 Å². The van der Waals surface area contributed by atoms with Gasteiger partial charge in [-0.3, -0.25) is 4.79 Å². The van der Waals surface area contributed by atoms with E-state index in [2.05, 4.69) is 0 Å². The van der Waals surface area contributed by atoms with E-state index in [1.807, 2.05) is 6.92 Å². The summed E-state index contributed by atoms with van der Waals surface area (Å²) in [6.07, 6.45) is 0.705. The minimum Gasteiger partial charge on any atom is -0.378 e. The van der Waals surface area contributed by atoms with Gasteiger partial charge in [0, 0.05) is 13.1 Å². The zero-order chi connectivity index (χ0) is 8.97. The first kappa shape index (κ1) is 12.7. The Bertz CT molecular complexity index is 160. The maximum atomic E-state index is 11.5. The van der Waals surface area contributed by atoms with Crippen molar-refractivity contribution >= 4 is 18.3 Å². The van der Waals surface area contributed by atoms with Crippen LogP contribution in [0.4, 0.5) is 0 Å². The molecule has 1 aliphatic rings. The van der Waals surface area contributed by atoms with E-state index in [1.54, 1.807) is 4.90 Å². The zero-order valence-electron chi connectivity index (χ0n) is 7.86. The van der Waals surface area contributed by atoms with Gasteiger partial charge >= 0.3 is 0 Å². The highest BCUT2D eigenvalue weighted by Gasteiger charge is 2.20. The Morgan fingerprint density at radius 3 is 2.54 bits per heavy atom. The average Bonchev–Trinajstić information content (AvgIpc) is 2.17. The number of halogens is 1. The standard InChI is InChI=1S/C8H16N2O2.ClH/c1-2-7(9)8(11)10-3-5-12-6-4-10;/h7H,2-6,9H2,1H3;1H. The number of nitrogens with zero attached hydrogens (tertiary/aromatic N) is 1. The Hall–Kier alpha value is -0.320. The van der Waals surface area contributed by atoms with E-state index in [-0.39, 0.29) is 24.4 Å². The lowest BCUT2D eigenvalue weighted by molar-refractivity contribution is -0.136. The number of ether oxygens (including phenoxy) is 1. The first-order valence-electron chi connectivity index (χ1n) is 4.37.